The third kappa shape index (κ3) is 3.66. The van der Waals surface area contributed by atoms with Crippen molar-refractivity contribution in [3.63, 3.8) is 0 Å². The molecule has 0 radical (unpaired) electrons. The minimum absolute atomic E-state index is 0.0518. The van der Waals surface area contributed by atoms with Gasteiger partial charge in [-0.1, -0.05) is 11.6 Å². The van der Waals surface area contributed by atoms with Gasteiger partial charge in [-0.15, -0.1) is 0 Å². The van der Waals surface area contributed by atoms with Gasteiger partial charge in [0.25, 0.3) is 5.56 Å². The minimum atomic E-state index is -0.240. The van der Waals surface area contributed by atoms with Crippen molar-refractivity contribution in [2.45, 2.75) is 26.4 Å². The molecule has 1 heterocycles. The fraction of sp³-hybridized carbons (Fsp3) is 0.400. The number of amides is 1. The molecule has 1 amide bonds. The third-order valence-corrected chi connectivity index (χ3v) is 3.12. The van der Waals surface area contributed by atoms with Crippen LogP contribution in [0.5, 0.6) is 0 Å². The van der Waals surface area contributed by atoms with E-state index in [4.69, 9.17) is 4.74 Å². The zero-order valence-electron chi connectivity index (χ0n) is 12.4. The van der Waals surface area contributed by atoms with Crippen molar-refractivity contribution in [3.8, 4) is 0 Å². The zero-order chi connectivity index (χ0) is 15.4. The molecule has 1 atom stereocenters. The number of nitrogens with one attached hydrogen (secondary N) is 1. The molecule has 0 aliphatic carbocycles. The number of ether oxygens (including phenoxy) is 1. The van der Waals surface area contributed by atoms with Gasteiger partial charge in [-0.3, -0.25) is 14.2 Å². The highest BCUT2D eigenvalue weighted by atomic mass is 16.5. The first kappa shape index (κ1) is 15.2. The highest BCUT2D eigenvalue weighted by molar-refractivity contribution is 5.79. The molecule has 2 rings (SSSR count). The van der Waals surface area contributed by atoms with Crippen LogP contribution in [0.25, 0.3) is 10.9 Å². The average molecular weight is 289 g/mol. The Labute approximate surface area is 122 Å². The molecular weight excluding hydrogens is 270 g/mol. The van der Waals surface area contributed by atoms with Gasteiger partial charge in [-0.25, -0.2) is 4.98 Å². The van der Waals surface area contributed by atoms with Crippen LogP contribution in [0.3, 0.4) is 0 Å². The second kappa shape index (κ2) is 6.49. The number of carbonyl (C=O) groups excluding carboxylic acids is 1. The van der Waals surface area contributed by atoms with Crippen molar-refractivity contribution < 1.29 is 9.53 Å². The summed E-state index contributed by atoms with van der Waals surface area (Å²) in [7, 11) is 1.57. The molecule has 1 aromatic heterocycles. The lowest BCUT2D eigenvalue weighted by atomic mass is 10.2. The van der Waals surface area contributed by atoms with Gasteiger partial charge >= 0.3 is 0 Å². The van der Waals surface area contributed by atoms with Crippen LogP contribution < -0.4 is 10.9 Å². The lowest BCUT2D eigenvalue weighted by Crippen LogP contribution is -2.39. The summed E-state index contributed by atoms with van der Waals surface area (Å²) >= 11 is 0. The van der Waals surface area contributed by atoms with E-state index < -0.39 is 0 Å². The minimum Gasteiger partial charge on any atom is -0.383 e. The summed E-state index contributed by atoms with van der Waals surface area (Å²) in [5.74, 6) is -0.240. The number of carbonyl (C=O) groups is 1. The third-order valence-electron chi connectivity index (χ3n) is 3.12. The molecule has 2 aromatic rings. The van der Waals surface area contributed by atoms with Gasteiger partial charge < -0.3 is 10.1 Å². The van der Waals surface area contributed by atoms with Crippen molar-refractivity contribution in [2.75, 3.05) is 13.7 Å². The number of aromatic nitrogens is 2. The monoisotopic (exact) mass is 289 g/mol. The summed E-state index contributed by atoms with van der Waals surface area (Å²) < 4.78 is 6.27. The molecule has 1 N–H and O–H groups in total. The van der Waals surface area contributed by atoms with Crippen molar-refractivity contribution in [2.24, 2.45) is 0 Å². The van der Waals surface area contributed by atoms with Gasteiger partial charge in [-0.05, 0) is 26.0 Å². The van der Waals surface area contributed by atoms with Gasteiger partial charge in [-0.2, -0.15) is 0 Å². The van der Waals surface area contributed by atoms with E-state index in [1.807, 2.05) is 19.9 Å². The number of hydrogen-bond acceptors (Lipinski definition) is 4. The van der Waals surface area contributed by atoms with E-state index in [1.54, 1.807) is 19.2 Å². The lowest BCUT2D eigenvalue weighted by Gasteiger charge is -2.13. The molecule has 0 fully saturated rings. The molecule has 0 aliphatic rings. The van der Waals surface area contributed by atoms with Crippen LogP contribution in [-0.2, 0) is 16.1 Å². The number of rotatable bonds is 5. The van der Waals surface area contributed by atoms with Crippen molar-refractivity contribution in [1.82, 2.24) is 14.9 Å². The second-order valence-corrected chi connectivity index (χ2v) is 5.12. The number of methoxy groups -OCH3 is 1. The standard InChI is InChI=1S/C15H19N3O3/c1-10-4-5-13-12(6-10)15(20)18(9-16-13)7-14(19)17-11(2)8-21-3/h4-6,9,11H,7-8H2,1-3H3,(H,17,19)/t11-/m1/s1. The fourth-order valence-corrected chi connectivity index (χ4v) is 2.15. The van der Waals surface area contributed by atoms with E-state index in [0.717, 1.165) is 5.56 Å². The predicted molar refractivity (Wildman–Crippen MR) is 80.2 cm³/mol. The van der Waals surface area contributed by atoms with E-state index in [-0.39, 0.29) is 24.1 Å². The molecule has 0 unspecified atom stereocenters. The molecule has 0 bridgehead atoms. The van der Waals surface area contributed by atoms with Crippen LogP contribution in [0.1, 0.15) is 12.5 Å². The largest absolute Gasteiger partial charge is 0.383 e. The number of benzene rings is 1. The maximum Gasteiger partial charge on any atom is 0.261 e. The maximum absolute atomic E-state index is 12.3. The van der Waals surface area contributed by atoms with Crippen LogP contribution >= 0.6 is 0 Å². The highest BCUT2D eigenvalue weighted by Crippen LogP contribution is 2.08. The summed E-state index contributed by atoms with van der Waals surface area (Å²) in [5.41, 5.74) is 1.41. The molecule has 112 valence electrons. The molecule has 1 aromatic carbocycles. The number of nitrogens with zero attached hydrogens (tertiary/aromatic N) is 2. The van der Waals surface area contributed by atoms with Gasteiger partial charge in [0.2, 0.25) is 5.91 Å². The number of hydrogen-bond donors (Lipinski definition) is 1. The summed E-state index contributed by atoms with van der Waals surface area (Å²) in [4.78, 5) is 28.5. The second-order valence-electron chi connectivity index (χ2n) is 5.12. The average Bonchev–Trinajstić information content (AvgIpc) is 2.42. The van der Waals surface area contributed by atoms with E-state index in [9.17, 15) is 9.59 Å². The lowest BCUT2D eigenvalue weighted by molar-refractivity contribution is -0.122. The summed E-state index contributed by atoms with van der Waals surface area (Å²) in [6.45, 7) is 4.13. The first-order chi connectivity index (χ1) is 10.0. The Bertz CT molecular complexity index is 709. The normalized spacial score (nSPS) is 12.3. The van der Waals surface area contributed by atoms with Crippen LogP contribution in [0.4, 0.5) is 0 Å². The summed E-state index contributed by atoms with van der Waals surface area (Å²) in [6.07, 6.45) is 1.40. The first-order valence-electron chi connectivity index (χ1n) is 6.75. The topological polar surface area (TPSA) is 73.2 Å². The molecule has 21 heavy (non-hydrogen) atoms. The van der Waals surface area contributed by atoms with Gasteiger partial charge in [0.15, 0.2) is 0 Å². The Morgan fingerprint density at radius 3 is 2.95 bits per heavy atom. The molecule has 0 saturated carbocycles. The number of aryl methyl sites for hydroxylation is 1. The molecule has 6 nitrogen and oxygen atoms in total. The predicted octanol–water partition coefficient (Wildman–Crippen LogP) is 0.856. The van der Waals surface area contributed by atoms with Crippen molar-refractivity contribution >= 4 is 16.8 Å². The van der Waals surface area contributed by atoms with Crippen molar-refractivity contribution in [3.05, 3.63) is 40.4 Å². The molecule has 6 heteroatoms. The van der Waals surface area contributed by atoms with E-state index in [0.29, 0.717) is 17.5 Å². The Kier molecular flexibility index (Phi) is 4.70. The Morgan fingerprint density at radius 2 is 2.24 bits per heavy atom. The highest BCUT2D eigenvalue weighted by Gasteiger charge is 2.10. The summed E-state index contributed by atoms with van der Waals surface area (Å²) in [6, 6.07) is 5.39. The smallest absolute Gasteiger partial charge is 0.261 e. The SMILES string of the molecule is COC[C@@H](C)NC(=O)Cn1cnc2ccc(C)cc2c1=O. The van der Waals surface area contributed by atoms with Crippen LogP contribution in [-0.4, -0.2) is 35.2 Å². The Balaban J connectivity index is 2.21. The maximum atomic E-state index is 12.3. The van der Waals surface area contributed by atoms with Crippen LogP contribution in [0.15, 0.2) is 29.3 Å². The molecule has 0 aliphatic heterocycles. The Morgan fingerprint density at radius 1 is 1.48 bits per heavy atom. The van der Waals surface area contributed by atoms with Gasteiger partial charge in [0, 0.05) is 13.2 Å². The van der Waals surface area contributed by atoms with Gasteiger partial charge in [0.1, 0.15) is 6.54 Å². The van der Waals surface area contributed by atoms with Crippen LogP contribution in [0.2, 0.25) is 0 Å². The van der Waals surface area contributed by atoms with E-state index >= 15 is 0 Å². The molecule has 0 saturated heterocycles. The molecular formula is C15H19N3O3. The number of fused-ring (bicyclic) bond motifs is 1. The fourth-order valence-electron chi connectivity index (χ4n) is 2.15. The molecule has 0 spiro atoms. The quantitative estimate of drug-likeness (QED) is 0.886. The van der Waals surface area contributed by atoms with E-state index in [1.165, 1.54) is 10.9 Å². The van der Waals surface area contributed by atoms with Gasteiger partial charge in [0.05, 0.1) is 23.8 Å². The first-order valence-corrected chi connectivity index (χ1v) is 6.75. The van der Waals surface area contributed by atoms with Crippen molar-refractivity contribution in [1.29, 1.82) is 0 Å². The summed E-state index contributed by atoms with van der Waals surface area (Å²) in [5, 5.41) is 3.29. The van der Waals surface area contributed by atoms with Crippen LogP contribution in [0, 0.1) is 6.92 Å². The van der Waals surface area contributed by atoms with E-state index in [2.05, 4.69) is 10.3 Å². The Hall–Kier alpha value is -2.21. The zero-order valence-corrected chi connectivity index (χ0v) is 12.4.